The molecule has 2 aromatic rings. The van der Waals surface area contributed by atoms with Gasteiger partial charge in [0.05, 0.1) is 17.3 Å². The number of nitrogens with zero attached hydrogens (tertiary/aromatic N) is 3. The summed E-state index contributed by atoms with van der Waals surface area (Å²) in [6.07, 6.45) is -2.05. The number of carbonyl (C=O) groups excluding carboxylic acids is 1. The summed E-state index contributed by atoms with van der Waals surface area (Å²) in [4.78, 5) is 14.1. The van der Waals surface area contributed by atoms with Gasteiger partial charge in [-0.05, 0) is 36.6 Å². The summed E-state index contributed by atoms with van der Waals surface area (Å²) in [7, 11) is 0. The highest BCUT2D eigenvalue weighted by atomic mass is 35.5. The molecule has 1 unspecified atom stereocenters. The van der Waals surface area contributed by atoms with Crippen molar-refractivity contribution in [3.8, 4) is 0 Å². The minimum absolute atomic E-state index is 0.0299. The number of hydrogen-bond acceptors (Lipinski definition) is 3. The molecule has 1 fully saturated rings. The molecule has 1 atom stereocenters. The quantitative estimate of drug-likeness (QED) is 0.721. The average molecular weight is 404 g/mol. The molecule has 4 nitrogen and oxygen atoms in total. The first-order valence-electron chi connectivity index (χ1n) is 7.90. The smallest absolute Gasteiger partial charge is 0.338 e. The molecule has 138 valence electrons. The summed E-state index contributed by atoms with van der Waals surface area (Å²) in [5.74, 6) is -0.749. The number of alkyl halides is 3. The molecule has 0 bridgehead atoms. The number of piperidine rings is 1. The van der Waals surface area contributed by atoms with Crippen LogP contribution in [0.5, 0.6) is 0 Å². The van der Waals surface area contributed by atoms with Crippen molar-refractivity contribution in [1.82, 2.24) is 15.1 Å². The van der Waals surface area contributed by atoms with Crippen LogP contribution in [0.3, 0.4) is 0 Å². The van der Waals surface area contributed by atoms with Crippen LogP contribution in [0.4, 0.5) is 13.2 Å². The lowest BCUT2D eigenvalue weighted by Crippen LogP contribution is -2.39. The van der Waals surface area contributed by atoms with E-state index >= 15 is 0 Å². The van der Waals surface area contributed by atoms with E-state index < -0.39 is 17.7 Å². The van der Waals surface area contributed by atoms with Crippen LogP contribution >= 0.6 is 23.2 Å². The van der Waals surface area contributed by atoms with E-state index in [4.69, 9.17) is 23.2 Å². The lowest BCUT2D eigenvalue weighted by Gasteiger charge is -2.34. The van der Waals surface area contributed by atoms with Crippen molar-refractivity contribution in [2.24, 2.45) is 0 Å². The van der Waals surface area contributed by atoms with Crippen LogP contribution < -0.4 is 0 Å². The number of likely N-dealkylation sites (tertiary alicyclic amines) is 1. The molecule has 26 heavy (non-hydrogen) atoms. The first-order chi connectivity index (χ1) is 12.3. The van der Waals surface area contributed by atoms with Crippen molar-refractivity contribution in [2.75, 3.05) is 13.1 Å². The zero-order chi connectivity index (χ0) is 18.9. The molecule has 3 rings (SSSR count). The highest BCUT2D eigenvalue weighted by Gasteiger charge is 2.37. The van der Waals surface area contributed by atoms with Gasteiger partial charge in [0.1, 0.15) is 0 Å². The SMILES string of the molecule is O=C(c1cnnc(Cl)c1)N1CCCC(c2ccc(Cl)cc2C(F)(F)F)C1. The monoisotopic (exact) mass is 403 g/mol. The molecule has 0 spiro atoms. The molecule has 9 heteroatoms. The van der Waals surface area contributed by atoms with Crippen LogP contribution in [-0.2, 0) is 6.18 Å². The van der Waals surface area contributed by atoms with Crippen LogP contribution in [0, 0.1) is 0 Å². The van der Waals surface area contributed by atoms with Gasteiger partial charge < -0.3 is 4.90 Å². The van der Waals surface area contributed by atoms with Gasteiger partial charge in [-0.3, -0.25) is 4.79 Å². The molecule has 0 aliphatic carbocycles. The fourth-order valence-electron chi connectivity index (χ4n) is 3.19. The fourth-order valence-corrected chi connectivity index (χ4v) is 3.52. The molecular formula is C17H14Cl2F3N3O. The van der Waals surface area contributed by atoms with Gasteiger partial charge in [-0.15, -0.1) is 5.10 Å². The van der Waals surface area contributed by atoms with E-state index in [1.165, 1.54) is 29.3 Å². The van der Waals surface area contributed by atoms with E-state index in [-0.39, 0.29) is 33.8 Å². The lowest BCUT2D eigenvalue weighted by molar-refractivity contribution is -0.138. The Bertz CT molecular complexity index is 829. The van der Waals surface area contributed by atoms with Gasteiger partial charge in [-0.1, -0.05) is 29.3 Å². The maximum Gasteiger partial charge on any atom is 0.416 e. The second kappa shape index (κ2) is 7.40. The van der Waals surface area contributed by atoms with Crippen molar-refractivity contribution in [1.29, 1.82) is 0 Å². The second-order valence-corrected chi connectivity index (χ2v) is 6.91. The van der Waals surface area contributed by atoms with Gasteiger partial charge in [-0.25, -0.2) is 0 Å². The Kier molecular flexibility index (Phi) is 5.39. The van der Waals surface area contributed by atoms with Crippen LogP contribution in [0.1, 0.15) is 40.2 Å². The molecule has 1 aromatic carbocycles. The van der Waals surface area contributed by atoms with Crippen molar-refractivity contribution >= 4 is 29.1 Å². The van der Waals surface area contributed by atoms with Gasteiger partial charge in [0.25, 0.3) is 5.91 Å². The Labute approximate surface area is 157 Å². The molecule has 0 N–H and O–H groups in total. The number of aromatic nitrogens is 2. The van der Waals surface area contributed by atoms with E-state index in [1.807, 2.05) is 0 Å². The van der Waals surface area contributed by atoms with Gasteiger partial charge >= 0.3 is 6.18 Å². The van der Waals surface area contributed by atoms with Crippen LogP contribution in [-0.4, -0.2) is 34.1 Å². The topological polar surface area (TPSA) is 46.1 Å². The van der Waals surface area contributed by atoms with E-state index in [0.29, 0.717) is 19.4 Å². The summed E-state index contributed by atoms with van der Waals surface area (Å²) < 4.78 is 40.1. The predicted molar refractivity (Wildman–Crippen MR) is 91.4 cm³/mol. The van der Waals surface area contributed by atoms with Gasteiger partial charge in [0.2, 0.25) is 0 Å². The summed E-state index contributed by atoms with van der Waals surface area (Å²) in [6, 6.07) is 5.17. The van der Waals surface area contributed by atoms with Crippen LogP contribution in [0.15, 0.2) is 30.5 Å². The standard InChI is InChI=1S/C17H14Cl2F3N3O/c18-12-3-4-13(14(7-12)17(20,21)22)10-2-1-5-25(9-10)16(26)11-6-15(19)24-23-8-11/h3-4,6-8,10H,1-2,5,9H2. The predicted octanol–water partition coefficient (Wildman–Crippen LogP) is 4.82. The molecule has 1 saturated heterocycles. The summed E-state index contributed by atoms with van der Waals surface area (Å²) >= 11 is 11.5. The van der Waals surface area contributed by atoms with Crippen molar-refractivity contribution in [2.45, 2.75) is 24.9 Å². The third-order valence-corrected chi connectivity index (χ3v) is 4.76. The molecule has 2 heterocycles. The lowest BCUT2D eigenvalue weighted by atomic mass is 9.87. The number of amides is 1. The van der Waals surface area contributed by atoms with Gasteiger partial charge in [-0.2, -0.15) is 18.3 Å². The Morgan fingerprint density at radius 1 is 1.23 bits per heavy atom. The molecule has 1 aromatic heterocycles. The Balaban J connectivity index is 1.86. The molecule has 1 aliphatic rings. The first-order valence-corrected chi connectivity index (χ1v) is 8.65. The van der Waals surface area contributed by atoms with Gasteiger partial charge in [0, 0.05) is 24.0 Å². The van der Waals surface area contributed by atoms with Crippen molar-refractivity contribution in [3.05, 3.63) is 57.3 Å². The maximum atomic E-state index is 13.4. The van der Waals surface area contributed by atoms with E-state index in [9.17, 15) is 18.0 Å². The second-order valence-electron chi connectivity index (χ2n) is 6.09. The minimum Gasteiger partial charge on any atom is -0.338 e. The molecule has 1 aliphatic heterocycles. The van der Waals surface area contributed by atoms with E-state index in [1.54, 1.807) is 0 Å². The van der Waals surface area contributed by atoms with E-state index in [0.717, 1.165) is 6.07 Å². The van der Waals surface area contributed by atoms with Crippen LogP contribution in [0.25, 0.3) is 0 Å². The van der Waals surface area contributed by atoms with E-state index in [2.05, 4.69) is 10.2 Å². The van der Waals surface area contributed by atoms with Crippen molar-refractivity contribution in [3.63, 3.8) is 0 Å². The third kappa shape index (κ3) is 4.10. The van der Waals surface area contributed by atoms with Gasteiger partial charge in [0.15, 0.2) is 5.15 Å². The molecule has 0 radical (unpaired) electrons. The molecule has 1 amide bonds. The molecular weight excluding hydrogens is 390 g/mol. The maximum absolute atomic E-state index is 13.4. The Morgan fingerprint density at radius 3 is 2.69 bits per heavy atom. The largest absolute Gasteiger partial charge is 0.416 e. The Hall–Kier alpha value is -1.86. The number of benzene rings is 1. The van der Waals surface area contributed by atoms with Crippen molar-refractivity contribution < 1.29 is 18.0 Å². The average Bonchev–Trinajstić information content (AvgIpc) is 2.60. The molecule has 0 saturated carbocycles. The fraction of sp³-hybridized carbons (Fsp3) is 0.353. The zero-order valence-corrected chi connectivity index (χ0v) is 14.9. The third-order valence-electron chi connectivity index (χ3n) is 4.34. The number of carbonyl (C=O) groups is 1. The normalized spacial score (nSPS) is 18.0. The van der Waals surface area contributed by atoms with Crippen LogP contribution in [0.2, 0.25) is 10.2 Å². The number of halogens is 5. The summed E-state index contributed by atoms with van der Waals surface area (Å²) in [5, 5.41) is 7.34. The zero-order valence-electron chi connectivity index (χ0n) is 13.4. The number of hydrogen-bond donors (Lipinski definition) is 0. The summed E-state index contributed by atoms with van der Waals surface area (Å²) in [5.41, 5.74) is -0.332. The summed E-state index contributed by atoms with van der Waals surface area (Å²) in [6.45, 7) is 0.647. The minimum atomic E-state index is -4.50. The number of rotatable bonds is 2. The highest BCUT2D eigenvalue weighted by Crippen LogP contribution is 2.39. The first kappa shape index (κ1) is 18.9. The highest BCUT2D eigenvalue weighted by molar-refractivity contribution is 6.30. The Morgan fingerprint density at radius 2 is 2.00 bits per heavy atom.